The summed E-state index contributed by atoms with van der Waals surface area (Å²) >= 11 is 0. The number of nitrogens with zero attached hydrogens (tertiary/aromatic N) is 2. The van der Waals surface area contributed by atoms with Gasteiger partial charge in [-0.3, -0.25) is 4.79 Å². The fourth-order valence-electron chi connectivity index (χ4n) is 3.28. The number of halogens is 1. The Hall–Kier alpha value is -4.14. The van der Waals surface area contributed by atoms with Crippen molar-refractivity contribution in [1.29, 1.82) is 0 Å². The number of carboxylic acids is 1. The van der Waals surface area contributed by atoms with Crippen LogP contribution in [0.5, 0.6) is 5.75 Å². The fourth-order valence-corrected chi connectivity index (χ4v) is 3.28. The maximum atomic E-state index is 13.4. The Labute approximate surface area is 170 Å². The molecule has 3 N–H and O–H groups in total. The lowest BCUT2D eigenvalue weighted by atomic mass is 10.0. The van der Waals surface area contributed by atoms with Crippen molar-refractivity contribution < 1.29 is 23.8 Å². The highest BCUT2D eigenvalue weighted by Crippen LogP contribution is 2.36. The molecule has 0 spiro atoms. The summed E-state index contributed by atoms with van der Waals surface area (Å²) in [5.74, 6) is -1.47. The Bertz CT molecular complexity index is 1170. The number of methoxy groups -OCH3 is 1. The molecule has 8 nitrogen and oxygen atoms in total. The van der Waals surface area contributed by atoms with Gasteiger partial charge in [0.1, 0.15) is 34.7 Å². The van der Waals surface area contributed by atoms with Crippen molar-refractivity contribution in [2.75, 3.05) is 17.7 Å². The molecule has 2 heterocycles. The van der Waals surface area contributed by atoms with Crippen molar-refractivity contribution in [3.8, 4) is 5.75 Å². The van der Waals surface area contributed by atoms with E-state index >= 15 is 0 Å². The first-order chi connectivity index (χ1) is 14.5. The Morgan fingerprint density at radius 2 is 2.03 bits per heavy atom. The minimum atomic E-state index is -1.18. The molecule has 0 aliphatic carbocycles. The second kappa shape index (κ2) is 7.70. The molecule has 152 valence electrons. The molecule has 0 bridgehead atoms. The van der Waals surface area contributed by atoms with Gasteiger partial charge in [-0.2, -0.15) is 5.10 Å². The zero-order chi connectivity index (χ0) is 21.3. The van der Waals surface area contributed by atoms with Crippen LogP contribution in [0.25, 0.3) is 0 Å². The van der Waals surface area contributed by atoms with Crippen molar-refractivity contribution in [1.82, 2.24) is 9.78 Å². The van der Waals surface area contributed by atoms with E-state index in [1.54, 1.807) is 30.3 Å². The average molecular weight is 408 g/mol. The molecule has 0 fully saturated rings. The van der Waals surface area contributed by atoms with Crippen LogP contribution in [0.4, 0.5) is 15.9 Å². The normalized spacial score (nSPS) is 14.9. The highest BCUT2D eigenvalue weighted by molar-refractivity contribution is 6.08. The molecule has 1 aromatic heterocycles. The van der Waals surface area contributed by atoms with Gasteiger partial charge in [-0.15, -0.1) is 0 Å². The van der Waals surface area contributed by atoms with Gasteiger partial charge in [-0.05, 0) is 30.3 Å². The number of rotatable bonds is 5. The fraction of sp³-hybridized carbons (Fsp3) is 0.0952. The van der Waals surface area contributed by atoms with Crippen LogP contribution >= 0.6 is 0 Å². The zero-order valence-electron chi connectivity index (χ0n) is 15.8. The number of carboxylic acid groups (broad SMARTS) is 1. The van der Waals surface area contributed by atoms with Crippen molar-refractivity contribution in [2.45, 2.75) is 6.04 Å². The molecule has 1 aliphatic heterocycles. The number of carbonyl (C=O) groups excluding carboxylic acids is 1. The Morgan fingerprint density at radius 3 is 2.77 bits per heavy atom. The zero-order valence-corrected chi connectivity index (χ0v) is 15.8. The standard InChI is InChI=1S/C21H17FN4O4/c1-30-18-8-3-2-7-14(18)17-10-16(21(28)29)25-19-15(11-23-26(17)19)20(27)24-13-6-4-5-12(22)9-13/h2-11,17,25H,1H3,(H,24,27)(H,28,29)/t17-/m1/s1. The van der Waals surface area contributed by atoms with Crippen LogP contribution < -0.4 is 15.4 Å². The lowest BCUT2D eigenvalue weighted by Gasteiger charge is -2.25. The molecule has 0 radical (unpaired) electrons. The molecule has 1 atom stereocenters. The third-order valence-corrected chi connectivity index (χ3v) is 4.65. The number of allylic oxidation sites excluding steroid dienone is 1. The summed E-state index contributed by atoms with van der Waals surface area (Å²) < 4.78 is 20.3. The molecule has 0 saturated carbocycles. The second-order valence-electron chi connectivity index (χ2n) is 6.51. The van der Waals surface area contributed by atoms with Gasteiger partial charge in [0.15, 0.2) is 0 Å². The second-order valence-corrected chi connectivity index (χ2v) is 6.51. The number of fused-ring (bicyclic) bond motifs is 1. The number of hydrogen-bond acceptors (Lipinski definition) is 5. The summed E-state index contributed by atoms with van der Waals surface area (Å²) in [6.07, 6.45) is 2.83. The summed E-state index contributed by atoms with van der Waals surface area (Å²) in [4.78, 5) is 24.5. The maximum absolute atomic E-state index is 13.4. The quantitative estimate of drug-likeness (QED) is 0.598. The van der Waals surface area contributed by atoms with Crippen LogP contribution in [-0.2, 0) is 4.79 Å². The first kappa shape index (κ1) is 19.2. The van der Waals surface area contributed by atoms with Gasteiger partial charge in [-0.1, -0.05) is 24.3 Å². The van der Waals surface area contributed by atoms with E-state index in [9.17, 15) is 19.1 Å². The van der Waals surface area contributed by atoms with Gasteiger partial charge in [0.2, 0.25) is 0 Å². The number of hydrogen-bond donors (Lipinski definition) is 3. The number of amides is 1. The van der Waals surface area contributed by atoms with E-state index in [0.29, 0.717) is 11.3 Å². The van der Waals surface area contributed by atoms with E-state index in [1.807, 2.05) is 0 Å². The minimum absolute atomic E-state index is 0.0984. The number of carbonyl (C=O) groups is 2. The van der Waals surface area contributed by atoms with Crippen molar-refractivity contribution in [3.63, 3.8) is 0 Å². The first-order valence-electron chi connectivity index (χ1n) is 8.97. The van der Waals surface area contributed by atoms with E-state index in [0.717, 1.165) is 0 Å². The summed E-state index contributed by atoms with van der Waals surface area (Å²) in [7, 11) is 1.52. The lowest BCUT2D eigenvalue weighted by Crippen LogP contribution is -2.26. The Kier molecular flexibility index (Phi) is 4.93. The molecule has 3 aromatic rings. The van der Waals surface area contributed by atoms with Crippen LogP contribution in [0, 0.1) is 5.82 Å². The number of nitrogens with one attached hydrogen (secondary N) is 2. The summed E-state index contributed by atoms with van der Waals surface area (Å²) in [5.41, 5.74) is 0.970. The number of anilines is 2. The van der Waals surface area contributed by atoms with Gasteiger partial charge in [0, 0.05) is 11.3 Å². The van der Waals surface area contributed by atoms with Crippen LogP contribution in [0.2, 0.25) is 0 Å². The van der Waals surface area contributed by atoms with Crippen LogP contribution in [-0.4, -0.2) is 33.9 Å². The number of ether oxygens (including phenoxy) is 1. The monoisotopic (exact) mass is 408 g/mol. The smallest absolute Gasteiger partial charge is 0.352 e. The van der Waals surface area contributed by atoms with Crippen molar-refractivity contribution in [3.05, 3.63) is 83.4 Å². The number of aliphatic carboxylic acids is 1. The van der Waals surface area contributed by atoms with Gasteiger partial charge in [0.05, 0.1) is 13.3 Å². The third kappa shape index (κ3) is 3.48. The van der Waals surface area contributed by atoms with E-state index in [1.165, 1.54) is 42.3 Å². The maximum Gasteiger partial charge on any atom is 0.352 e. The SMILES string of the molecule is COc1ccccc1[C@H]1C=C(C(=O)O)Nc2c(C(=O)Nc3cccc(F)c3)cnn21. The summed E-state index contributed by atoms with van der Waals surface area (Å²) in [6, 6.07) is 12.0. The molecule has 30 heavy (non-hydrogen) atoms. The molecule has 2 aromatic carbocycles. The van der Waals surface area contributed by atoms with Crippen molar-refractivity contribution in [2.24, 2.45) is 0 Å². The number of benzene rings is 2. The largest absolute Gasteiger partial charge is 0.496 e. The highest BCUT2D eigenvalue weighted by atomic mass is 19.1. The highest BCUT2D eigenvalue weighted by Gasteiger charge is 2.30. The van der Waals surface area contributed by atoms with Gasteiger partial charge in [-0.25, -0.2) is 13.9 Å². The Balaban J connectivity index is 1.75. The molecule has 4 rings (SSSR count). The molecule has 0 unspecified atom stereocenters. The molecule has 9 heteroatoms. The van der Waals surface area contributed by atoms with Crippen LogP contribution in [0.3, 0.4) is 0 Å². The van der Waals surface area contributed by atoms with Gasteiger partial charge >= 0.3 is 5.97 Å². The van der Waals surface area contributed by atoms with Crippen LogP contribution in [0.15, 0.2) is 66.5 Å². The van der Waals surface area contributed by atoms with Crippen molar-refractivity contribution >= 4 is 23.4 Å². The molecular formula is C21H17FN4O4. The number of para-hydroxylation sites is 1. The average Bonchev–Trinajstić information content (AvgIpc) is 3.17. The Morgan fingerprint density at radius 1 is 1.23 bits per heavy atom. The van der Waals surface area contributed by atoms with E-state index in [-0.39, 0.29) is 22.8 Å². The van der Waals surface area contributed by atoms with Gasteiger partial charge in [0.25, 0.3) is 5.91 Å². The van der Waals surface area contributed by atoms with Gasteiger partial charge < -0.3 is 20.5 Å². The minimum Gasteiger partial charge on any atom is -0.496 e. The predicted octanol–water partition coefficient (Wildman–Crippen LogP) is 3.27. The lowest BCUT2D eigenvalue weighted by molar-refractivity contribution is -0.132. The number of aromatic nitrogens is 2. The third-order valence-electron chi connectivity index (χ3n) is 4.65. The van der Waals surface area contributed by atoms with E-state index in [2.05, 4.69) is 15.7 Å². The predicted molar refractivity (Wildman–Crippen MR) is 107 cm³/mol. The van der Waals surface area contributed by atoms with E-state index in [4.69, 9.17) is 4.74 Å². The van der Waals surface area contributed by atoms with Crippen LogP contribution in [0.1, 0.15) is 22.0 Å². The summed E-state index contributed by atoms with van der Waals surface area (Å²) in [6.45, 7) is 0. The molecule has 1 aliphatic rings. The summed E-state index contributed by atoms with van der Waals surface area (Å²) in [5, 5.41) is 19.2. The molecular weight excluding hydrogens is 391 g/mol. The molecule has 0 saturated heterocycles. The first-order valence-corrected chi connectivity index (χ1v) is 8.97. The van der Waals surface area contributed by atoms with E-state index < -0.39 is 23.7 Å². The molecule has 1 amide bonds. The topological polar surface area (TPSA) is 105 Å².